The molecule has 0 aliphatic carbocycles. The standard InChI is InChI=1S/C21H17ClN2O2/c22-18-10-6-17(7-11-18)21(26)23-14-20(25)24-19-12-8-16(9-13-19)15-4-2-1-3-5-15/h1-13H,14H2,(H,23,26)(H,24,25). The van der Waals surface area contributed by atoms with Gasteiger partial charge in [-0.1, -0.05) is 54.1 Å². The Morgan fingerprint density at radius 1 is 0.769 bits per heavy atom. The molecule has 0 atom stereocenters. The van der Waals surface area contributed by atoms with Gasteiger partial charge in [0.1, 0.15) is 0 Å². The SMILES string of the molecule is O=C(CNC(=O)c1ccc(Cl)cc1)Nc1ccc(-c2ccccc2)cc1. The van der Waals surface area contributed by atoms with Crippen molar-refractivity contribution >= 4 is 29.1 Å². The molecule has 2 amide bonds. The van der Waals surface area contributed by atoms with E-state index >= 15 is 0 Å². The fraction of sp³-hybridized carbons (Fsp3) is 0.0476. The molecule has 0 saturated heterocycles. The van der Waals surface area contributed by atoms with E-state index in [1.165, 1.54) is 0 Å². The first-order chi connectivity index (χ1) is 12.6. The lowest BCUT2D eigenvalue weighted by molar-refractivity contribution is -0.115. The van der Waals surface area contributed by atoms with Gasteiger partial charge in [0, 0.05) is 16.3 Å². The Morgan fingerprint density at radius 3 is 2.04 bits per heavy atom. The maximum absolute atomic E-state index is 12.0. The number of nitrogens with one attached hydrogen (secondary N) is 2. The predicted molar refractivity (Wildman–Crippen MR) is 104 cm³/mol. The van der Waals surface area contributed by atoms with Crippen LogP contribution >= 0.6 is 11.6 Å². The minimum absolute atomic E-state index is 0.109. The van der Waals surface area contributed by atoms with E-state index in [4.69, 9.17) is 11.6 Å². The van der Waals surface area contributed by atoms with Gasteiger partial charge in [0.05, 0.1) is 6.54 Å². The van der Waals surface area contributed by atoms with Gasteiger partial charge in [-0.2, -0.15) is 0 Å². The van der Waals surface area contributed by atoms with Crippen LogP contribution in [0, 0.1) is 0 Å². The van der Waals surface area contributed by atoms with Crippen molar-refractivity contribution in [3.63, 3.8) is 0 Å². The van der Waals surface area contributed by atoms with Crippen LogP contribution in [0.5, 0.6) is 0 Å². The lowest BCUT2D eigenvalue weighted by Gasteiger charge is -2.08. The van der Waals surface area contributed by atoms with Gasteiger partial charge in [0.15, 0.2) is 0 Å². The van der Waals surface area contributed by atoms with Gasteiger partial charge in [-0.15, -0.1) is 0 Å². The van der Waals surface area contributed by atoms with Crippen LogP contribution < -0.4 is 10.6 Å². The van der Waals surface area contributed by atoms with Crippen molar-refractivity contribution in [3.05, 3.63) is 89.4 Å². The third-order valence-corrected chi connectivity index (χ3v) is 4.04. The molecule has 2 N–H and O–H groups in total. The molecule has 0 heterocycles. The maximum Gasteiger partial charge on any atom is 0.251 e. The average Bonchev–Trinajstić information content (AvgIpc) is 2.68. The zero-order valence-corrected chi connectivity index (χ0v) is 14.7. The van der Waals surface area contributed by atoms with Crippen molar-refractivity contribution in [2.75, 3.05) is 11.9 Å². The highest BCUT2D eigenvalue weighted by atomic mass is 35.5. The quantitative estimate of drug-likeness (QED) is 0.706. The van der Waals surface area contributed by atoms with Gasteiger partial charge in [0.25, 0.3) is 5.91 Å². The number of carbonyl (C=O) groups is 2. The van der Waals surface area contributed by atoms with E-state index in [1.54, 1.807) is 24.3 Å². The van der Waals surface area contributed by atoms with Crippen LogP contribution in [-0.4, -0.2) is 18.4 Å². The summed E-state index contributed by atoms with van der Waals surface area (Å²) in [6, 6.07) is 24.0. The molecule has 3 rings (SSSR count). The van der Waals surface area contributed by atoms with Gasteiger partial charge in [0.2, 0.25) is 5.91 Å². The van der Waals surface area contributed by atoms with E-state index < -0.39 is 0 Å². The monoisotopic (exact) mass is 364 g/mol. The van der Waals surface area contributed by atoms with Crippen LogP contribution in [-0.2, 0) is 4.79 Å². The Labute approximate surface area is 156 Å². The van der Waals surface area contributed by atoms with E-state index in [1.807, 2.05) is 54.6 Å². The smallest absolute Gasteiger partial charge is 0.251 e. The van der Waals surface area contributed by atoms with Crippen LogP contribution in [0.2, 0.25) is 5.02 Å². The number of rotatable bonds is 5. The molecule has 0 aliphatic heterocycles. The van der Waals surface area contributed by atoms with Crippen molar-refractivity contribution in [2.45, 2.75) is 0 Å². The van der Waals surface area contributed by atoms with Gasteiger partial charge >= 0.3 is 0 Å². The van der Waals surface area contributed by atoms with E-state index in [0.717, 1.165) is 11.1 Å². The molecule has 0 saturated carbocycles. The zero-order chi connectivity index (χ0) is 18.4. The summed E-state index contributed by atoms with van der Waals surface area (Å²) in [4.78, 5) is 24.0. The highest BCUT2D eigenvalue weighted by Gasteiger charge is 2.08. The molecule has 0 aromatic heterocycles. The Bertz CT molecular complexity index is 892. The van der Waals surface area contributed by atoms with Crippen molar-refractivity contribution in [3.8, 4) is 11.1 Å². The average molecular weight is 365 g/mol. The first kappa shape index (κ1) is 17.7. The summed E-state index contributed by atoms with van der Waals surface area (Å²) in [7, 11) is 0. The number of benzene rings is 3. The summed E-state index contributed by atoms with van der Waals surface area (Å²) < 4.78 is 0. The minimum Gasteiger partial charge on any atom is -0.343 e. The van der Waals surface area contributed by atoms with Crippen LogP contribution in [0.1, 0.15) is 10.4 Å². The fourth-order valence-corrected chi connectivity index (χ4v) is 2.57. The maximum atomic E-state index is 12.0. The molecule has 3 aromatic rings. The van der Waals surface area contributed by atoms with Crippen LogP contribution in [0.4, 0.5) is 5.69 Å². The number of hydrogen-bond acceptors (Lipinski definition) is 2. The van der Waals surface area contributed by atoms with Gasteiger partial charge in [-0.05, 0) is 47.5 Å². The van der Waals surface area contributed by atoms with E-state index in [9.17, 15) is 9.59 Å². The zero-order valence-electron chi connectivity index (χ0n) is 13.9. The largest absolute Gasteiger partial charge is 0.343 e. The predicted octanol–water partition coefficient (Wildman–Crippen LogP) is 4.38. The van der Waals surface area contributed by atoms with Crippen molar-refractivity contribution in [2.24, 2.45) is 0 Å². The second-order valence-electron chi connectivity index (χ2n) is 5.68. The molecule has 3 aromatic carbocycles. The molecule has 0 bridgehead atoms. The highest BCUT2D eigenvalue weighted by molar-refractivity contribution is 6.30. The minimum atomic E-state index is -0.323. The van der Waals surface area contributed by atoms with Crippen molar-refractivity contribution < 1.29 is 9.59 Å². The summed E-state index contributed by atoms with van der Waals surface area (Å²) >= 11 is 5.79. The molecular formula is C21H17ClN2O2. The lowest BCUT2D eigenvalue weighted by atomic mass is 10.1. The van der Waals surface area contributed by atoms with Gasteiger partial charge in [-0.3, -0.25) is 9.59 Å². The molecule has 4 nitrogen and oxygen atoms in total. The first-order valence-corrected chi connectivity index (χ1v) is 8.49. The van der Waals surface area contributed by atoms with Gasteiger partial charge in [-0.25, -0.2) is 0 Å². The molecule has 130 valence electrons. The number of carbonyl (C=O) groups excluding carboxylic acids is 2. The third-order valence-electron chi connectivity index (χ3n) is 3.79. The lowest BCUT2D eigenvalue weighted by Crippen LogP contribution is -2.32. The van der Waals surface area contributed by atoms with Crippen molar-refractivity contribution in [1.29, 1.82) is 0 Å². The molecule has 0 unspecified atom stereocenters. The Kier molecular flexibility index (Phi) is 5.66. The molecule has 0 spiro atoms. The Hall–Kier alpha value is -3.11. The third kappa shape index (κ3) is 4.71. The molecule has 0 fully saturated rings. The summed E-state index contributed by atoms with van der Waals surface area (Å²) in [5, 5.41) is 5.90. The molecular weight excluding hydrogens is 348 g/mol. The van der Waals surface area contributed by atoms with E-state index in [-0.39, 0.29) is 18.4 Å². The summed E-state index contributed by atoms with van der Waals surface area (Å²) in [6.45, 7) is -0.109. The second-order valence-corrected chi connectivity index (χ2v) is 6.12. The Balaban J connectivity index is 1.53. The number of amides is 2. The summed E-state index contributed by atoms with van der Waals surface area (Å²) in [5.41, 5.74) is 3.31. The molecule has 5 heteroatoms. The van der Waals surface area contributed by atoms with E-state index in [2.05, 4.69) is 10.6 Å². The topological polar surface area (TPSA) is 58.2 Å². The second kappa shape index (κ2) is 8.32. The van der Waals surface area contributed by atoms with Gasteiger partial charge < -0.3 is 10.6 Å². The normalized spacial score (nSPS) is 10.2. The summed E-state index contributed by atoms with van der Waals surface area (Å²) in [6.07, 6.45) is 0. The molecule has 0 aliphatic rings. The van der Waals surface area contributed by atoms with Crippen LogP contribution in [0.15, 0.2) is 78.9 Å². The van der Waals surface area contributed by atoms with E-state index in [0.29, 0.717) is 16.3 Å². The molecule has 0 radical (unpaired) electrons. The highest BCUT2D eigenvalue weighted by Crippen LogP contribution is 2.20. The molecule has 26 heavy (non-hydrogen) atoms. The van der Waals surface area contributed by atoms with Crippen molar-refractivity contribution in [1.82, 2.24) is 5.32 Å². The number of halogens is 1. The fourth-order valence-electron chi connectivity index (χ4n) is 2.45. The number of hydrogen-bond donors (Lipinski definition) is 2. The Morgan fingerprint density at radius 2 is 1.38 bits per heavy atom. The van der Waals surface area contributed by atoms with Crippen LogP contribution in [0.3, 0.4) is 0 Å². The summed E-state index contributed by atoms with van der Waals surface area (Å²) in [5.74, 6) is -0.615. The first-order valence-electron chi connectivity index (χ1n) is 8.11. The van der Waals surface area contributed by atoms with Crippen LogP contribution in [0.25, 0.3) is 11.1 Å². The number of anilines is 1.